The van der Waals surface area contributed by atoms with Gasteiger partial charge in [0.2, 0.25) is 0 Å². The molecule has 0 saturated heterocycles. The molecule has 1 aromatic carbocycles. The zero-order valence-corrected chi connectivity index (χ0v) is 14.5. The van der Waals surface area contributed by atoms with E-state index in [1.165, 1.54) is 4.90 Å². The molecule has 0 aliphatic heterocycles. The van der Waals surface area contributed by atoms with Crippen LogP contribution in [0.3, 0.4) is 0 Å². The predicted molar refractivity (Wildman–Crippen MR) is 94.7 cm³/mol. The lowest BCUT2D eigenvalue weighted by atomic mass is 10.1. The Balaban J connectivity index is 1.97. The summed E-state index contributed by atoms with van der Waals surface area (Å²) in [6.45, 7) is 3.08. The fraction of sp³-hybridized carbons (Fsp3) is 0.312. The molecular weight excluding hydrogens is 346 g/mol. The Hall–Kier alpha value is -1.04. The highest BCUT2D eigenvalue weighted by Crippen LogP contribution is 2.23. The monoisotopic (exact) mass is 365 g/mol. The first-order valence-corrected chi connectivity index (χ1v) is 8.78. The van der Waals surface area contributed by atoms with Gasteiger partial charge < -0.3 is 11.1 Å². The van der Waals surface area contributed by atoms with Crippen molar-refractivity contribution in [2.45, 2.75) is 24.3 Å². The van der Waals surface area contributed by atoms with Gasteiger partial charge in [-0.3, -0.25) is 0 Å². The van der Waals surface area contributed by atoms with Gasteiger partial charge >= 0.3 is 0 Å². The summed E-state index contributed by atoms with van der Waals surface area (Å²) in [6, 6.07) is 12.8. The fourth-order valence-corrected chi connectivity index (χ4v) is 3.69. The minimum absolute atomic E-state index is 0.380. The van der Waals surface area contributed by atoms with Crippen LogP contribution in [0.2, 0.25) is 0 Å². The quantitative estimate of drug-likeness (QED) is 0.733. The average molecular weight is 366 g/mol. The summed E-state index contributed by atoms with van der Waals surface area (Å²) >= 11 is 5.36. The summed E-state index contributed by atoms with van der Waals surface area (Å²) in [6.07, 6.45) is 2.63. The van der Waals surface area contributed by atoms with Crippen molar-refractivity contribution >= 4 is 33.5 Å². The number of benzene rings is 1. The van der Waals surface area contributed by atoms with Crippen LogP contribution in [0.4, 0.5) is 5.82 Å². The molecule has 0 aliphatic carbocycles. The smallest absolute Gasteiger partial charge is 0.126 e. The highest BCUT2D eigenvalue weighted by molar-refractivity contribution is 9.10. The summed E-state index contributed by atoms with van der Waals surface area (Å²) in [4.78, 5) is 5.43. The van der Waals surface area contributed by atoms with Gasteiger partial charge in [0.05, 0.1) is 0 Å². The number of hydrogen-bond donors (Lipinski definition) is 2. The topological polar surface area (TPSA) is 50.9 Å². The van der Waals surface area contributed by atoms with Crippen molar-refractivity contribution in [1.29, 1.82) is 0 Å². The second-order valence-corrected chi connectivity index (χ2v) is 6.78. The maximum atomic E-state index is 5.94. The molecule has 5 heteroatoms. The third kappa shape index (κ3) is 5.34. The van der Waals surface area contributed by atoms with Crippen molar-refractivity contribution in [2.75, 3.05) is 18.0 Å². The van der Waals surface area contributed by atoms with E-state index < -0.39 is 0 Å². The molecule has 3 nitrogen and oxygen atoms in total. The van der Waals surface area contributed by atoms with Crippen LogP contribution < -0.4 is 11.1 Å². The molecule has 3 N–H and O–H groups in total. The minimum atomic E-state index is 0.380. The van der Waals surface area contributed by atoms with Gasteiger partial charge in [-0.25, -0.2) is 4.98 Å². The number of likely N-dealkylation sites (N-methyl/N-ethyl adjacent to an activating group) is 1. The molecule has 0 aliphatic rings. The molecule has 112 valence electrons. The molecular formula is C16H20BrN3S. The van der Waals surface area contributed by atoms with Crippen molar-refractivity contribution in [1.82, 2.24) is 10.3 Å². The van der Waals surface area contributed by atoms with Gasteiger partial charge in [0.1, 0.15) is 5.82 Å². The second kappa shape index (κ2) is 8.41. The lowest BCUT2D eigenvalue weighted by molar-refractivity contribution is 0.572. The normalized spacial score (nSPS) is 12.3. The molecule has 0 spiro atoms. The molecule has 1 unspecified atom stereocenters. The number of halogens is 1. The molecule has 1 aromatic heterocycles. The molecule has 0 fully saturated rings. The van der Waals surface area contributed by atoms with Crippen LogP contribution >= 0.6 is 27.7 Å². The number of nitrogens with one attached hydrogen (secondary N) is 1. The van der Waals surface area contributed by atoms with E-state index in [0.717, 1.165) is 28.8 Å². The highest BCUT2D eigenvalue weighted by Gasteiger charge is 2.11. The molecule has 0 amide bonds. The zero-order valence-electron chi connectivity index (χ0n) is 12.1. The van der Waals surface area contributed by atoms with E-state index in [9.17, 15) is 0 Å². The summed E-state index contributed by atoms with van der Waals surface area (Å²) in [7, 11) is 0. The standard InChI is InChI=1S/C16H20BrN3S/c1-2-19-14(9-12-5-4-8-20-16(12)18)11-21-15-7-3-6-13(17)10-15/h3-8,10,14,19H,2,9,11H2,1H3,(H2,18,20). The Morgan fingerprint density at radius 2 is 2.19 bits per heavy atom. The van der Waals surface area contributed by atoms with Crippen LogP contribution in [0.5, 0.6) is 0 Å². The van der Waals surface area contributed by atoms with Gasteiger partial charge in [0, 0.05) is 27.4 Å². The van der Waals surface area contributed by atoms with E-state index in [2.05, 4.69) is 57.4 Å². The Morgan fingerprint density at radius 3 is 2.90 bits per heavy atom. The number of hydrogen-bond acceptors (Lipinski definition) is 4. The zero-order chi connectivity index (χ0) is 15.1. The Bertz CT molecular complexity index is 577. The lowest BCUT2D eigenvalue weighted by Crippen LogP contribution is -2.33. The molecule has 1 atom stereocenters. The molecule has 0 saturated carbocycles. The molecule has 2 aromatic rings. The van der Waals surface area contributed by atoms with Crippen LogP contribution in [0.25, 0.3) is 0 Å². The number of rotatable bonds is 7. The lowest BCUT2D eigenvalue weighted by Gasteiger charge is -2.18. The van der Waals surface area contributed by atoms with Crippen LogP contribution in [0.1, 0.15) is 12.5 Å². The third-order valence-corrected chi connectivity index (χ3v) is 4.78. The first kappa shape index (κ1) is 16.3. The number of nitrogens with zero attached hydrogens (tertiary/aromatic N) is 1. The van der Waals surface area contributed by atoms with Gasteiger partial charge in [0.25, 0.3) is 0 Å². The van der Waals surface area contributed by atoms with Gasteiger partial charge in [-0.1, -0.05) is 35.0 Å². The van der Waals surface area contributed by atoms with Crippen molar-refractivity contribution in [2.24, 2.45) is 0 Å². The van der Waals surface area contributed by atoms with E-state index >= 15 is 0 Å². The van der Waals surface area contributed by atoms with Crippen molar-refractivity contribution in [3.05, 3.63) is 52.6 Å². The summed E-state index contributed by atoms with van der Waals surface area (Å²) < 4.78 is 1.11. The van der Waals surface area contributed by atoms with E-state index in [1.807, 2.05) is 23.9 Å². The maximum Gasteiger partial charge on any atom is 0.126 e. The predicted octanol–water partition coefficient (Wildman–Crippen LogP) is 3.74. The number of nitrogens with two attached hydrogens (primary N) is 1. The van der Waals surface area contributed by atoms with Crippen molar-refractivity contribution in [3.8, 4) is 0 Å². The highest BCUT2D eigenvalue weighted by atomic mass is 79.9. The van der Waals surface area contributed by atoms with E-state index in [-0.39, 0.29) is 0 Å². The summed E-state index contributed by atoms with van der Waals surface area (Å²) in [5.41, 5.74) is 7.05. The molecule has 21 heavy (non-hydrogen) atoms. The van der Waals surface area contributed by atoms with Crippen LogP contribution in [-0.4, -0.2) is 23.3 Å². The first-order valence-electron chi connectivity index (χ1n) is 7.00. The Labute approximate surface area is 138 Å². The molecule has 2 rings (SSSR count). The second-order valence-electron chi connectivity index (χ2n) is 4.77. The largest absolute Gasteiger partial charge is 0.383 e. The van der Waals surface area contributed by atoms with Crippen LogP contribution in [-0.2, 0) is 6.42 Å². The van der Waals surface area contributed by atoms with Gasteiger partial charge in [-0.15, -0.1) is 11.8 Å². The maximum absolute atomic E-state index is 5.94. The van der Waals surface area contributed by atoms with Crippen LogP contribution in [0, 0.1) is 0 Å². The summed E-state index contributed by atoms with van der Waals surface area (Å²) in [5.74, 6) is 1.63. The Morgan fingerprint density at radius 1 is 1.33 bits per heavy atom. The molecule has 1 heterocycles. The number of thioether (sulfide) groups is 1. The number of anilines is 1. The van der Waals surface area contributed by atoms with E-state index in [1.54, 1.807) is 6.20 Å². The number of nitrogen functional groups attached to an aromatic ring is 1. The molecule has 0 radical (unpaired) electrons. The van der Waals surface area contributed by atoms with E-state index in [4.69, 9.17) is 5.73 Å². The van der Waals surface area contributed by atoms with Crippen LogP contribution in [0.15, 0.2) is 52.0 Å². The average Bonchev–Trinajstić information content (AvgIpc) is 2.47. The van der Waals surface area contributed by atoms with Gasteiger partial charge in [-0.2, -0.15) is 0 Å². The van der Waals surface area contributed by atoms with Gasteiger partial charge in [0.15, 0.2) is 0 Å². The van der Waals surface area contributed by atoms with Gasteiger partial charge in [-0.05, 0) is 42.8 Å². The molecule has 0 bridgehead atoms. The third-order valence-electron chi connectivity index (χ3n) is 3.13. The van der Waals surface area contributed by atoms with E-state index in [0.29, 0.717) is 11.9 Å². The number of pyridine rings is 1. The number of aromatic nitrogens is 1. The SMILES string of the molecule is CCNC(CSc1cccc(Br)c1)Cc1cccnc1N. The van der Waals surface area contributed by atoms with Crippen molar-refractivity contribution < 1.29 is 0 Å². The minimum Gasteiger partial charge on any atom is -0.383 e. The Kier molecular flexibility index (Phi) is 6.54. The first-order chi connectivity index (χ1) is 10.2. The summed E-state index contributed by atoms with van der Waals surface area (Å²) in [5, 5.41) is 3.53. The fourth-order valence-electron chi connectivity index (χ4n) is 2.12. The van der Waals surface area contributed by atoms with Crippen molar-refractivity contribution in [3.63, 3.8) is 0 Å².